The molecule has 0 radical (unpaired) electrons. The van der Waals surface area contributed by atoms with E-state index in [1.54, 1.807) is 12.3 Å². The number of hydrogen-bond donors (Lipinski definition) is 1. The fraction of sp³-hybridized carbons (Fsp3) is 0.615. The van der Waals surface area contributed by atoms with Gasteiger partial charge in [-0.2, -0.15) is 13.2 Å². The quantitative estimate of drug-likeness (QED) is 0.888. The number of nitrogens with zero attached hydrogens (tertiary/aromatic N) is 1. The van der Waals surface area contributed by atoms with E-state index in [-0.39, 0.29) is 25.7 Å². The first-order valence-electron chi connectivity index (χ1n) is 6.18. The highest BCUT2D eigenvalue weighted by Gasteiger charge is 2.45. The van der Waals surface area contributed by atoms with Gasteiger partial charge >= 0.3 is 6.18 Å². The smallest absolute Gasteiger partial charge is 0.389 e. The van der Waals surface area contributed by atoms with Gasteiger partial charge in [0, 0.05) is 22.8 Å². The number of hydrogen-bond acceptors (Lipinski definition) is 2. The van der Waals surface area contributed by atoms with Crippen molar-refractivity contribution >= 4 is 15.9 Å². The topological polar surface area (TPSA) is 33.1 Å². The fourth-order valence-corrected chi connectivity index (χ4v) is 2.74. The van der Waals surface area contributed by atoms with E-state index in [0.29, 0.717) is 12.1 Å². The SMILES string of the molecule is OC1(Cc2ccc(Br)cn2)CCC(C(F)(F)F)CC1. The fourth-order valence-electron chi connectivity index (χ4n) is 2.51. The first-order chi connectivity index (χ1) is 8.78. The lowest BCUT2D eigenvalue weighted by atomic mass is 9.76. The Bertz CT molecular complexity index is 425. The Labute approximate surface area is 118 Å². The number of aliphatic hydroxyl groups is 1. The summed E-state index contributed by atoms with van der Waals surface area (Å²) < 4.78 is 38.5. The molecule has 0 aromatic carbocycles. The summed E-state index contributed by atoms with van der Waals surface area (Å²) in [6.45, 7) is 0. The number of rotatable bonds is 2. The molecule has 0 aliphatic heterocycles. The zero-order valence-electron chi connectivity index (χ0n) is 10.3. The maximum atomic E-state index is 12.6. The van der Waals surface area contributed by atoms with Crippen molar-refractivity contribution in [3.63, 3.8) is 0 Å². The molecule has 2 rings (SSSR count). The Balaban J connectivity index is 1.96. The van der Waals surface area contributed by atoms with Gasteiger partial charge in [-0.1, -0.05) is 0 Å². The monoisotopic (exact) mass is 337 g/mol. The van der Waals surface area contributed by atoms with E-state index in [9.17, 15) is 18.3 Å². The number of aromatic nitrogens is 1. The van der Waals surface area contributed by atoms with Gasteiger partial charge in [0.1, 0.15) is 0 Å². The van der Waals surface area contributed by atoms with Crippen molar-refractivity contribution in [3.05, 3.63) is 28.5 Å². The van der Waals surface area contributed by atoms with Crippen molar-refractivity contribution in [2.75, 3.05) is 0 Å². The summed E-state index contributed by atoms with van der Waals surface area (Å²) in [4.78, 5) is 4.16. The molecule has 0 spiro atoms. The van der Waals surface area contributed by atoms with Crippen LogP contribution in [0.25, 0.3) is 0 Å². The maximum Gasteiger partial charge on any atom is 0.391 e. The highest BCUT2D eigenvalue weighted by molar-refractivity contribution is 9.10. The Morgan fingerprint density at radius 3 is 2.42 bits per heavy atom. The van der Waals surface area contributed by atoms with Crippen molar-refractivity contribution in [1.82, 2.24) is 4.98 Å². The van der Waals surface area contributed by atoms with E-state index >= 15 is 0 Å². The summed E-state index contributed by atoms with van der Waals surface area (Å²) in [7, 11) is 0. The summed E-state index contributed by atoms with van der Waals surface area (Å²) >= 11 is 3.26. The number of alkyl halides is 3. The van der Waals surface area contributed by atoms with Crippen LogP contribution in [0, 0.1) is 5.92 Å². The molecule has 0 saturated heterocycles. The molecule has 1 aliphatic carbocycles. The molecule has 0 bridgehead atoms. The van der Waals surface area contributed by atoms with Gasteiger partial charge in [0.2, 0.25) is 0 Å². The zero-order valence-corrected chi connectivity index (χ0v) is 11.8. The van der Waals surface area contributed by atoms with E-state index in [2.05, 4.69) is 20.9 Å². The molecule has 0 atom stereocenters. The molecule has 1 aromatic rings. The molecular formula is C13H15BrF3NO. The minimum Gasteiger partial charge on any atom is -0.389 e. The lowest BCUT2D eigenvalue weighted by Crippen LogP contribution is -2.40. The van der Waals surface area contributed by atoms with Crippen LogP contribution in [0.3, 0.4) is 0 Å². The molecule has 1 aromatic heterocycles. The van der Waals surface area contributed by atoms with Gasteiger partial charge in [0.05, 0.1) is 11.5 Å². The largest absolute Gasteiger partial charge is 0.391 e. The van der Waals surface area contributed by atoms with Crippen molar-refractivity contribution in [2.45, 2.75) is 43.9 Å². The van der Waals surface area contributed by atoms with Crippen LogP contribution in [0.1, 0.15) is 31.4 Å². The second-order valence-electron chi connectivity index (χ2n) is 5.18. The summed E-state index contributed by atoms with van der Waals surface area (Å²) in [5, 5.41) is 10.4. The Morgan fingerprint density at radius 2 is 1.95 bits per heavy atom. The van der Waals surface area contributed by atoms with Crippen molar-refractivity contribution in [3.8, 4) is 0 Å². The molecular weight excluding hydrogens is 323 g/mol. The normalized spacial score (nSPS) is 28.4. The maximum absolute atomic E-state index is 12.6. The molecule has 19 heavy (non-hydrogen) atoms. The first-order valence-corrected chi connectivity index (χ1v) is 6.97. The second kappa shape index (κ2) is 5.40. The first kappa shape index (κ1) is 14.8. The van der Waals surface area contributed by atoms with Crippen LogP contribution in [-0.2, 0) is 6.42 Å². The van der Waals surface area contributed by atoms with Gasteiger partial charge in [0.15, 0.2) is 0 Å². The average molecular weight is 338 g/mol. The minimum atomic E-state index is -4.14. The molecule has 1 N–H and O–H groups in total. The average Bonchev–Trinajstić information content (AvgIpc) is 2.31. The van der Waals surface area contributed by atoms with E-state index in [1.807, 2.05) is 6.07 Å². The van der Waals surface area contributed by atoms with Crippen LogP contribution in [-0.4, -0.2) is 21.9 Å². The molecule has 6 heteroatoms. The highest BCUT2D eigenvalue weighted by atomic mass is 79.9. The Hall–Kier alpha value is -0.620. The third-order valence-corrected chi connectivity index (χ3v) is 4.15. The van der Waals surface area contributed by atoms with Crippen LogP contribution in [0.5, 0.6) is 0 Å². The van der Waals surface area contributed by atoms with Crippen molar-refractivity contribution < 1.29 is 18.3 Å². The molecule has 0 amide bonds. The Morgan fingerprint density at radius 1 is 1.32 bits per heavy atom. The molecule has 106 valence electrons. The number of halogens is 4. The van der Waals surface area contributed by atoms with Gasteiger partial charge in [-0.3, -0.25) is 4.98 Å². The van der Waals surface area contributed by atoms with E-state index in [1.165, 1.54) is 0 Å². The van der Waals surface area contributed by atoms with Crippen molar-refractivity contribution in [1.29, 1.82) is 0 Å². The Kier molecular flexibility index (Phi) is 4.20. The minimum absolute atomic E-state index is 0.00344. The molecule has 1 fully saturated rings. The van der Waals surface area contributed by atoms with E-state index in [4.69, 9.17) is 0 Å². The van der Waals surface area contributed by atoms with Crippen LogP contribution < -0.4 is 0 Å². The summed E-state index contributed by atoms with van der Waals surface area (Å²) in [6, 6.07) is 3.59. The van der Waals surface area contributed by atoms with Gasteiger partial charge in [-0.25, -0.2) is 0 Å². The van der Waals surface area contributed by atoms with Crippen LogP contribution in [0.15, 0.2) is 22.8 Å². The molecule has 1 saturated carbocycles. The predicted octanol–water partition coefficient (Wildman–Crippen LogP) is 3.87. The summed E-state index contributed by atoms with van der Waals surface area (Å²) in [6.07, 6.45) is -1.86. The second-order valence-corrected chi connectivity index (χ2v) is 6.10. The summed E-state index contributed by atoms with van der Waals surface area (Å²) in [5.74, 6) is -1.27. The van der Waals surface area contributed by atoms with Gasteiger partial charge in [-0.15, -0.1) is 0 Å². The molecule has 1 heterocycles. The lowest BCUT2D eigenvalue weighted by Gasteiger charge is -2.36. The lowest BCUT2D eigenvalue weighted by molar-refractivity contribution is -0.192. The van der Waals surface area contributed by atoms with E-state index in [0.717, 1.165) is 4.47 Å². The summed E-state index contributed by atoms with van der Waals surface area (Å²) in [5.41, 5.74) is -0.348. The third kappa shape index (κ3) is 3.92. The van der Waals surface area contributed by atoms with E-state index < -0.39 is 17.7 Å². The van der Waals surface area contributed by atoms with Gasteiger partial charge < -0.3 is 5.11 Å². The van der Waals surface area contributed by atoms with Crippen LogP contribution in [0.4, 0.5) is 13.2 Å². The number of pyridine rings is 1. The van der Waals surface area contributed by atoms with Crippen molar-refractivity contribution in [2.24, 2.45) is 5.92 Å². The zero-order chi connectivity index (χ0) is 14.1. The molecule has 0 unspecified atom stereocenters. The van der Waals surface area contributed by atoms with Crippen LogP contribution >= 0.6 is 15.9 Å². The van der Waals surface area contributed by atoms with Gasteiger partial charge in [0.25, 0.3) is 0 Å². The van der Waals surface area contributed by atoms with Gasteiger partial charge in [-0.05, 0) is 53.7 Å². The standard InChI is InChI=1S/C13H15BrF3NO/c14-10-1-2-11(18-8-10)7-12(19)5-3-9(4-6-12)13(15,16)17/h1-2,8-9,19H,3-7H2. The molecule has 1 aliphatic rings. The van der Waals surface area contributed by atoms with Crippen LogP contribution in [0.2, 0.25) is 0 Å². The molecule has 2 nitrogen and oxygen atoms in total. The highest BCUT2D eigenvalue weighted by Crippen LogP contribution is 2.42. The predicted molar refractivity (Wildman–Crippen MR) is 68.6 cm³/mol. The third-order valence-electron chi connectivity index (χ3n) is 3.68.